The number of nitrogens with two attached hydrogens (primary N) is 2. The number of nitrogens with zero attached hydrogens (tertiary/aromatic N) is 1. The number of ether oxygens (including phenoxy) is 8. The Bertz CT molecular complexity index is 3700. The topological polar surface area (TPSA) is 318 Å². The van der Waals surface area contributed by atoms with Crippen LogP contribution in [0.15, 0.2) is 169 Å². The fourth-order valence-electron chi connectivity index (χ4n) is 15.5. The van der Waals surface area contributed by atoms with E-state index in [0.717, 1.165) is 140 Å². The first-order chi connectivity index (χ1) is 55.3. The van der Waals surface area contributed by atoms with Gasteiger partial charge in [-0.25, -0.2) is 25.1 Å². The third-order valence-corrected chi connectivity index (χ3v) is 22.3. The molecule has 12 rings (SSSR count). The van der Waals surface area contributed by atoms with Crippen molar-refractivity contribution in [3.63, 3.8) is 0 Å². The number of hydrogen-bond acceptors (Lipinski definition) is 21. The predicted molar refractivity (Wildman–Crippen MR) is 450 cm³/mol. The molecule has 6 aliphatic rings. The molecule has 23 heteroatoms. The van der Waals surface area contributed by atoms with Crippen LogP contribution < -0.4 is 11.6 Å². The summed E-state index contributed by atoms with van der Waals surface area (Å²) in [5.74, 6) is 4.30. The van der Waals surface area contributed by atoms with Crippen molar-refractivity contribution in [2.45, 2.75) is 254 Å². The lowest BCUT2D eigenvalue weighted by molar-refractivity contribution is -0.150. The van der Waals surface area contributed by atoms with E-state index in [1.54, 1.807) is 61.2 Å². The second-order valence-electron chi connectivity index (χ2n) is 29.2. The van der Waals surface area contributed by atoms with E-state index >= 15 is 0 Å². The maximum atomic E-state index is 11.8. The summed E-state index contributed by atoms with van der Waals surface area (Å²) in [6, 6.07) is 54.4. The molecule has 0 bridgehead atoms. The number of ketones is 2. The highest BCUT2D eigenvalue weighted by molar-refractivity contribution is 6.80. The van der Waals surface area contributed by atoms with Gasteiger partial charge in [-0.2, -0.15) is 0 Å². The minimum absolute atomic E-state index is 0. The summed E-state index contributed by atoms with van der Waals surface area (Å²) in [5.41, 5.74) is 15.7. The predicted octanol–water partition coefficient (Wildman–Crippen LogP) is 18.2. The van der Waals surface area contributed by atoms with Gasteiger partial charge in [-0.15, -0.1) is 12.4 Å². The van der Waals surface area contributed by atoms with E-state index in [0.29, 0.717) is 77.5 Å². The van der Waals surface area contributed by atoms with Crippen LogP contribution >= 0.6 is 24.0 Å². The van der Waals surface area contributed by atoms with Crippen molar-refractivity contribution < 1.29 is 87.0 Å². The van der Waals surface area contributed by atoms with Crippen LogP contribution in [0, 0.1) is 0 Å². The van der Waals surface area contributed by atoms with Crippen molar-refractivity contribution >= 4 is 70.4 Å². The van der Waals surface area contributed by atoms with Crippen molar-refractivity contribution in [3.8, 4) is 0 Å². The lowest BCUT2D eigenvalue weighted by atomic mass is 9.82. The van der Waals surface area contributed by atoms with E-state index in [2.05, 4.69) is 113 Å². The molecular formula is C92H127Cl2N3O18. The van der Waals surface area contributed by atoms with Gasteiger partial charge < -0.3 is 59.1 Å². The average Bonchev–Trinajstić information content (AvgIpc) is 0.797. The average molecular weight is 1630 g/mol. The fraction of sp³-hybridized carbons (Fsp3) is 0.522. The molecule has 7 N–H and O–H groups in total. The molecule has 1 unspecified atom stereocenters. The van der Waals surface area contributed by atoms with Gasteiger partial charge in [0.25, 0.3) is 5.78 Å². The monoisotopic (exact) mass is 1630 g/mol. The van der Waals surface area contributed by atoms with E-state index < -0.39 is 35.0 Å². The van der Waals surface area contributed by atoms with Gasteiger partial charge in [0.05, 0.1) is 56.9 Å². The van der Waals surface area contributed by atoms with E-state index in [-0.39, 0.29) is 50.0 Å². The highest BCUT2D eigenvalue weighted by atomic mass is 35.5. The van der Waals surface area contributed by atoms with Gasteiger partial charge in [0.15, 0.2) is 5.71 Å². The summed E-state index contributed by atoms with van der Waals surface area (Å²) in [4.78, 5) is 77.5. The molecule has 0 saturated heterocycles. The fourth-order valence-corrected chi connectivity index (χ4v) is 15.5. The van der Waals surface area contributed by atoms with Gasteiger partial charge in [-0.05, 0) is 255 Å². The van der Waals surface area contributed by atoms with Crippen molar-refractivity contribution in [3.05, 3.63) is 214 Å². The number of aliphatic hydroxyl groups excluding tert-OH is 1. The maximum absolute atomic E-state index is 11.8. The van der Waals surface area contributed by atoms with Crippen LogP contribution in [0.1, 0.15) is 278 Å². The quantitative estimate of drug-likeness (QED) is 0.00653. The molecular weight excluding hydrogens is 1510 g/mol. The first-order valence-electron chi connectivity index (χ1n) is 40.7. The van der Waals surface area contributed by atoms with Crippen LogP contribution in [0.25, 0.3) is 0 Å². The molecule has 0 heterocycles. The number of carbonyl (C=O) groups is 7. The first-order valence-corrected chi connectivity index (χ1v) is 41.1. The van der Waals surface area contributed by atoms with Gasteiger partial charge in [0.2, 0.25) is 0 Å². The summed E-state index contributed by atoms with van der Waals surface area (Å²) in [7, 11) is 7.15. The lowest BCUT2D eigenvalue weighted by Crippen LogP contribution is -2.23. The smallest absolute Gasteiger partial charge is 0.391 e. The van der Waals surface area contributed by atoms with Crippen molar-refractivity contribution in [1.29, 1.82) is 0 Å². The minimum atomic E-state index is -1.08. The Kier molecular flexibility index (Phi) is 49.3. The van der Waals surface area contributed by atoms with Crippen molar-refractivity contribution in [2.24, 2.45) is 16.8 Å². The molecule has 0 aliphatic heterocycles. The molecule has 115 heavy (non-hydrogen) atoms. The molecule has 1 atom stereocenters. The molecule has 6 saturated carbocycles. The third kappa shape index (κ3) is 35.3. The molecule has 0 amide bonds. The summed E-state index contributed by atoms with van der Waals surface area (Å²) in [6.07, 6.45) is 27.8. The number of rotatable bonds is 21. The number of methoxy groups -OCH3 is 4. The lowest BCUT2D eigenvalue weighted by Gasteiger charge is -2.28. The molecule has 632 valence electrons. The van der Waals surface area contributed by atoms with Crippen LogP contribution in [-0.2, 0) is 66.7 Å². The Labute approximate surface area is 693 Å². The van der Waals surface area contributed by atoms with Crippen LogP contribution in [0.2, 0.25) is 0 Å². The Hall–Kier alpha value is -8.06. The molecule has 0 aromatic heterocycles. The Morgan fingerprint density at radius 3 is 0.965 bits per heavy atom. The number of oxime groups is 1. The van der Waals surface area contributed by atoms with Gasteiger partial charge in [0, 0.05) is 52.4 Å². The number of Topliss-reactive ketones (excluding diaryl/α,β-unsaturated/α-hetero) is 2. The van der Waals surface area contributed by atoms with E-state index in [1.165, 1.54) is 59.1 Å². The minimum Gasteiger partial charge on any atom is -0.465 e. The van der Waals surface area contributed by atoms with Gasteiger partial charge in [0.1, 0.15) is 11.8 Å². The number of aliphatic hydroxyl groups is 1. The van der Waals surface area contributed by atoms with Crippen LogP contribution in [0.4, 0.5) is 0 Å². The van der Waals surface area contributed by atoms with Crippen LogP contribution in [0.5, 0.6) is 0 Å². The normalized spacial score (nSPS) is 21.9. The molecule has 0 spiro atoms. The molecule has 21 nitrogen and oxygen atoms in total. The van der Waals surface area contributed by atoms with Crippen LogP contribution in [-0.4, -0.2) is 147 Å². The zero-order chi connectivity index (χ0) is 83.0. The Balaban J connectivity index is 0.000000286. The highest BCUT2D eigenvalue weighted by Gasteiger charge is 2.29. The summed E-state index contributed by atoms with van der Waals surface area (Å²) >= 11 is 4.69. The second-order valence-corrected chi connectivity index (χ2v) is 29.6. The number of benzene rings is 6. The summed E-state index contributed by atoms with van der Waals surface area (Å²) in [5, 5.41) is 26.9. The van der Waals surface area contributed by atoms with Gasteiger partial charge in [-0.3, -0.25) is 14.4 Å². The zero-order valence-corrected chi connectivity index (χ0v) is 70.2. The molecule has 6 aromatic carbocycles. The number of carbonyl (C=O) groups excluding carboxylic acids is 7. The molecule has 6 aliphatic carbocycles. The first kappa shape index (κ1) is 99.3. The summed E-state index contributed by atoms with van der Waals surface area (Å²) in [6.45, 7) is 7.77. The van der Waals surface area contributed by atoms with Crippen LogP contribution in [0.3, 0.4) is 0 Å². The van der Waals surface area contributed by atoms with E-state index in [4.69, 9.17) is 60.9 Å². The number of halogens is 2. The largest absolute Gasteiger partial charge is 0.465 e. The molecule has 6 fully saturated rings. The van der Waals surface area contributed by atoms with Gasteiger partial charge >= 0.3 is 29.1 Å². The third-order valence-electron chi connectivity index (χ3n) is 22.2. The number of hydrogen-bond donors (Lipinski definition) is 5. The SMILES string of the molecule is CCOC(=O)/C(=N\O)c1ccc(C2CCC(OC)CC2)cc1.CCOC(=O)C(=O)Cl.CCOC(=O)C(=O)c1ccc(C2CCC(OC)CC2)cc1.CCOC(=O)C(N)c1ccc(C2CCC(OC)CC2)cc1.COC1CCC(c2ccccc2)CC1.Cl.NO.O=C1CCC(c2ccccc2)CC1.OC1CCC(c2ccccc2)CC1. The highest BCUT2D eigenvalue weighted by Crippen LogP contribution is 2.39. The molecule has 0 radical (unpaired) electrons. The Morgan fingerprint density at radius 2 is 0.670 bits per heavy atom. The van der Waals surface area contributed by atoms with E-state index in [1.807, 2.05) is 61.7 Å². The van der Waals surface area contributed by atoms with Crippen molar-refractivity contribution in [2.75, 3.05) is 54.9 Å². The Morgan fingerprint density at radius 1 is 0.391 bits per heavy atom. The van der Waals surface area contributed by atoms with Gasteiger partial charge in [-0.1, -0.05) is 169 Å². The standard InChI is InChI=1S/C17H23NO4.C17H25NO3.C17H22O4.C13H18O.C12H16O.C12H14O.C4H5ClO3.ClH.H3NO/c1-3-22-17(19)16(18-20)14-6-4-12(5-7-14)13-8-10-15(21-2)11-9-13;2*1-3-21-17(19)16(18)14-6-4-12(5-7-14)13-8-10-15(20-2)11-9-13;1-14-13-9-7-12(8-10-13)11-5-3-2-4-6-11;2*13-12-8-6-11(7-9-12)10-4-2-1-3-5-10;1-2-8-4(7)3(5)6;;1-2/h4-7,13,15,20H,3,8-11H2,1-2H3;4-7,13,15-16H,3,8-11,18H2,1-2H3;4-7,13,15H,3,8-11H2,1-2H3;2-6,12-13H,7-10H2,1H3;1-5,11-13H,6-9H2;1-5,11H,6-9H2;2H2,1H3;1H;2H,1H2/b18-16-;;;;;;;;. The number of esters is 4. The second kappa shape index (κ2) is 57.1. The zero-order valence-electron chi connectivity index (χ0n) is 68.7. The molecule has 6 aromatic rings. The summed E-state index contributed by atoms with van der Waals surface area (Å²) < 4.78 is 40.3. The maximum Gasteiger partial charge on any atom is 0.391 e. The van der Waals surface area contributed by atoms with E-state index in [9.17, 15) is 38.7 Å². The van der Waals surface area contributed by atoms with Crippen molar-refractivity contribution in [1.82, 2.24) is 0 Å².